The summed E-state index contributed by atoms with van der Waals surface area (Å²) in [5.41, 5.74) is 2.79. The largest absolute Gasteiger partial charge is 0.378 e. The van der Waals surface area contributed by atoms with Crippen LogP contribution in [0.25, 0.3) is 0 Å². The highest BCUT2D eigenvalue weighted by Crippen LogP contribution is 2.50. The third-order valence-electron chi connectivity index (χ3n) is 5.13. The molecule has 2 aromatic carbocycles. The number of benzene rings is 2. The van der Waals surface area contributed by atoms with Crippen molar-refractivity contribution in [1.29, 1.82) is 0 Å². The first-order valence-electron chi connectivity index (χ1n) is 8.19. The van der Waals surface area contributed by atoms with Gasteiger partial charge in [-0.1, -0.05) is 24.3 Å². The zero-order chi connectivity index (χ0) is 18.5. The Bertz CT molecular complexity index is 1020. The maximum absolute atomic E-state index is 11.7. The molecule has 3 atom stereocenters. The van der Waals surface area contributed by atoms with Crippen LogP contribution < -0.4 is 10.5 Å². The highest BCUT2D eigenvalue weighted by Gasteiger charge is 2.38. The fourth-order valence-corrected chi connectivity index (χ4v) is 4.43. The summed E-state index contributed by atoms with van der Waals surface area (Å²) in [5, 5.41) is 19.6. The van der Waals surface area contributed by atoms with E-state index in [1.165, 1.54) is 18.2 Å². The van der Waals surface area contributed by atoms with Crippen molar-refractivity contribution in [3.63, 3.8) is 0 Å². The first kappa shape index (κ1) is 16.7. The highest BCUT2D eigenvalue weighted by molar-refractivity contribution is 7.89. The van der Waals surface area contributed by atoms with Crippen molar-refractivity contribution in [2.45, 2.75) is 23.3 Å². The Morgan fingerprint density at radius 2 is 1.88 bits per heavy atom. The number of nitro groups is 1. The number of allylic oxidation sites excluding steroid dienone is 2. The standard InChI is InChI=1S/C18H17N3O4S/c19-26(24,25)13-8-9-17-16(10-13)14-2-1-3-15(14)18(20-17)11-4-6-12(7-5-11)21(22)23/h1-2,4-10,14-15,18,20H,3H2,(H2,19,24,25)/t14-,15+,18-/m1/s1. The number of primary sulfonamides is 1. The van der Waals surface area contributed by atoms with Crippen molar-refractivity contribution in [3.8, 4) is 0 Å². The van der Waals surface area contributed by atoms with Crippen molar-refractivity contribution >= 4 is 21.4 Å². The second-order valence-corrected chi connectivity index (χ2v) is 8.18. The van der Waals surface area contributed by atoms with E-state index in [-0.39, 0.29) is 28.5 Å². The molecule has 8 heteroatoms. The third kappa shape index (κ3) is 2.77. The molecule has 1 aliphatic heterocycles. The lowest BCUT2D eigenvalue weighted by molar-refractivity contribution is -0.384. The summed E-state index contributed by atoms with van der Waals surface area (Å²) >= 11 is 0. The van der Waals surface area contributed by atoms with Crippen molar-refractivity contribution in [1.82, 2.24) is 0 Å². The van der Waals surface area contributed by atoms with Crippen LogP contribution in [0.3, 0.4) is 0 Å². The highest BCUT2D eigenvalue weighted by atomic mass is 32.2. The van der Waals surface area contributed by atoms with Gasteiger partial charge in [-0.25, -0.2) is 13.6 Å². The van der Waals surface area contributed by atoms with E-state index >= 15 is 0 Å². The first-order chi connectivity index (χ1) is 12.3. The van der Waals surface area contributed by atoms with Crippen LogP contribution in [-0.2, 0) is 10.0 Å². The van der Waals surface area contributed by atoms with Crippen LogP contribution in [0.4, 0.5) is 11.4 Å². The van der Waals surface area contributed by atoms with E-state index in [9.17, 15) is 18.5 Å². The number of hydrogen-bond donors (Lipinski definition) is 2. The van der Waals surface area contributed by atoms with Crippen LogP contribution in [0.5, 0.6) is 0 Å². The molecule has 0 saturated carbocycles. The number of anilines is 1. The first-order valence-corrected chi connectivity index (χ1v) is 9.73. The van der Waals surface area contributed by atoms with Gasteiger partial charge < -0.3 is 5.32 Å². The van der Waals surface area contributed by atoms with Crippen LogP contribution in [0.1, 0.15) is 29.5 Å². The molecule has 4 rings (SSSR count). The van der Waals surface area contributed by atoms with Crippen molar-refractivity contribution in [2.24, 2.45) is 11.1 Å². The summed E-state index contributed by atoms with van der Waals surface area (Å²) in [6.45, 7) is 0. The molecular formula is C18H17N3O4S. The molecule has 2 aliphatic rings. The van der Waals surface area contributed by atoms with E-state index < -0.39 is 14.9 Å². The number of sulfonamides is 1. The zero-order valence-electron chi connectivity index (χ0n) is 13.7. The topological polar surface area (TPSA) is 115 Å². The molecular weight excluding hydrogens is 354 g/mol. The number of nitrogens with zero attached hydrogens (tertiary/aromatic N) is 1. The summed E-state index contributed by atoms with van der Waals surface area (Å²) in [5.74, 6) is 0.285. The Balaban J connectivity index is 1.74. The number of non-ortho nitro benzene ring substituents is 1. The molecule has 0 aromatic heterocycles. The minimum Gasteiger partial charge on any atom is -0.378 e. The molecule has 3 N–H and O–H groups in total. The molecule has 0 saturated heterocycles. The molecule has 0 unspecified atom stereocenters. The van der Waals surface area contributed by atoms with Crippen LogP contribution in [-0.4, -0.2) is 13.3 Å². The van der Waals surface area contributed by atoms with Crippen LogP contribution in [0, 0.1) is 16.0 Å². The van der Waals surface area contributed by atoms with Gasteiger partial charge in [0, 0.05) is 23.7 Å². The molecule has 0 radical (unpaired) electrons. The average Bonchev–Trinajstić information content (AvgIpc) is 3.10. The van der Waals surface area contributed by atoms with Crippen molar-refractivity contribution in [3.05, 3.63) is 75.9 Å². The molecule has 0 bridgehead atoms. The minimum atomic E-state index is -3.76. The Kier molecular flexibility index (Phi) is 3.82. The summed E-state index contributed by atoms with van der Waals surface area (Å²) < 4.78 is 23.3. The summed E-state index contributed by atoms with van der Waals surface area (Å²) in [6, 6.07) is 11.4. The van der Waals surface area contributed by atoms with E-state index in [0.717, 1.165) is 23.2 Å². The lowest BCUT2D eigenvalue weighted by Crippen LogP contribution is -2.29. The van der Waals surface area contributed by atoms with E-state index in [1.54, 1.807) is 24.3 Å². The molecule has 0 amide bonds. The maximum atomic E-state index is 11.7. The second kappa shape index (κ2) is 5.93. The molecule has 7 nitrogen and oxygen atoms in total. The normalized spacial score (nSPS) is 23.8. The van der Waals surface area contributed by atoms with Crippen LogP contribution in [0.2, 0.25) is 0 Å². The molecule has 1 heterocycles. The number of nitrogens with one attached hydrogen (secondary N) is 1. The van der Waals surface area contributed by atoms with Gasteiger partial charge in [-0.05, 0) is 41.7 Å². The third-order valence-corrected chi connectivity index (χ3v) is 6.04. The number of nitrogens with two attached hydrogens (primary N) is 1. The fourth-order valence-electron chi connectivity index (χ4n) is 3.88. The smallest absolute Gasteiger partial charge is 0.269 e. The van der Waals surface area contributed by atoms with Gasteiger partial charge in [-0.3, -0.25) is 10.1 Å². The Hall–Kier alpha value is -2.71. The number of fused-ring (bicyclic) bond motifs is 3. The molecule has 0 spiro atoms. The van der Waals surface area contributed by atoms with Crippen LogP contribution in [0.15, 0.2) is 59.5 Å². The van der Waals surface area contributed by atoms with E-state index in [2.05, 4.69) is 17.5 Å². The van der Waals surface area contributed by atoms with Gasteiger partial charge in [0.15, 0.2) is 0 Å². The minimum absolute atomic E-state index is 0.0105. The Morgan fingerprint density at radius 1 is 1.15 bits per heavy atom. The van der Waals surface area contributed by atoms with E-state index in [4.69, 9.17) is 5.14 Å². The van der Waals surface area contributed by atoms with Gasteiger partial charge in [0.1, 0.15) is 0 Å². The van der Waals surface area contributed by atoms with E-state index in [0.29, 0.717) is 0 Å². The summed E-state index contributed by atoms with van der Waals surface area (Å²) in [6.07, 6.45) is 5.03. The second-order valence-electron chi connectivity index (χ2n) is 6.62. The van der Waals surface area contributed by atoms with Gasteiger partial charge in [-0.15, -0.1) is 0 Å². The molecule has 26 heavy (non-hydrogen) atoms. The average molecular weight is 371 g/mol. The number of rotatable bonds is 3. The Morgan fingerprint density at radius 3 is 2.54 bits per heavy atom. The predicted octanol–water partition coefficient (Wildman–Crippen LogP) is 3.07. The lowest BCUT2D eigenvalue weighted by atomic mass is 9.77. The van der Waals surface area contributed by atoms with Gasteiger partial charge in [0.2, 0.25) is 10.0 Å². The summed E-state index contributed by atoms with van der Waals surface area (Å²) in [4.78, 5) is 10.6. The number of hydrogen-bond acceptors (Lipinski definition) is 5. The molecule has 2 aromatic rings. The quantitative estimate of drug-likeness (QED) is 0.489. The fraction of sp³-hybridized carbons (Fsp3) is 0.222. The number of nitro benzene ring substituents is 1. The summed E-state index contributed by atoms with van der Waals surface area (Å²) in [7, 11) is -3.76. The van der Waals surface area contributed by atoms with E-state index in [1.807, 2.05) is 0 Å². The van der Waals surface area contributed by atoms with Gasteiger partial charge in [0.25, 0.3) is 5.69 Å². The predicted molar refractivity (Wildman–Crippen MR) is 97.3 cm³/mol. The Labute approximate surface area is 150 Å². The van der Waals surface area contributed by atoms with Gasteiger partial charge in [0.05, 0.1) is 15.9 Å². The van der Waals surface area contributed by atoms with Crippen LogP contribution >= 0.6 is 0 Å². The SMILES string of the molecule is NS(=O)(=O)c1ccc2c(c1)[C@@H]1C=CC[C@@H]1[C@@H](c1ccc([N+](=O)[O-])cc1)N2. The van der Waals surface area contributed by atoms with Gasteiger partial charge in [-0.2, -0.15) is 0 Å². The maximum Gasteiger partial charge on any atom is 0.269 e. The molecule has 1 aliphatic carbocycles. The monoisotopic (exact) mass is 371 g/mol. The lowest BCUT2D eigenvalue weighted by Gasteiger charge is -2.37. The molecule has 134 valence electrons. The zero-order valence-corrected chi connectivity index (χ0v) is 14.5. The van der Waals surface area contributed by atoms with Crippen molar-refractivity contribution < 1.29 is 13.3 Å². The molecule has 0 fully saturated rings. The van der Waals surface area contributed by atoms with Gasteiger partial charge >= 0.3 is 0 Å². The van der Waals surface area contributed by atoms with Crippen molar-refractivity contribution in [2.75, 3.05) is 5.32 Å².